The summed E-state index contributed by atoms with van der Waals surface area (Å²) in [5, 5.41) is 10.3. The highest BCUT2D eigenvalue weighted by molar-refractivity contribution is 5.47. The summed E-state index contributed by atoms with van der Waals surface area (Å²) in [6.07, 6.45) is 4.61. The first-order valence-electron chi connectivity index (χ1n) is 6.95. The summed E-state index contributed by atoms with van der Waals surface area (Å²) < 4.78 is 0. The third-order valence-electron chi connectivity index (χ3n) is 3.95. The van der Waals surface area contributed by atoms with E-state index < -0.39 is 6.10 Å². The Labute approximate surface area is 110 Å². The van der Waals surface area contributed by atoms with Gasteiger partial charge in [0.2, 0.25) is 0 Å². The van der Waals surface area contributed by atoms with Gasteiger partial charge < -0.3 is 10.8 Å². The zero-order valence-corrected chi connectivity index (χ0v) is 11.2. The van der Waals surface area contributed by atoms with Gasteiger partial charge in [0, 0.05) is 23.8 Å². The van der Waals surface area contributed by atoms with Crippen LogP contribution in [0.2, 0.25) is 0 Å². The maximum absolute atomic E-state index is 10.3. The Kier molecular flexibility index (Phi) is 4.61. The number of rotatable bonds is 3. The van der Waals surface area contributed by atoms with E-state index in [1.54, 1.807) is 0 Å². The summed E-state index contributed by atoms with van der Waals surface area (Å²) in [6, 6.07) is 8.17. The van der Waals surface area contributed by atoms with Crippen LogP contribution in [0.5, 0.6) is 0 Å². The van der Waals surface area contributed by atoms with Crippen molar-refractivity contribution < 1.29 is 5.11 Å². The molecule has 1 heterocycles. The molecule has 0 spiro atoms. The molecule has 0 saturated carbocycles. The molecule has 1 saturated heterocycles. The number of β-amino-alcohol motifs (C(OH)–C–C–N with tert-alkyl or cyclic N) is 1. The highest BCUT2D eigenvalue weighted by atomic mass is 16.3. The third kappa shape index (κ3) is 3.24. The van der Waals surface area contributed by atoms with Gasteiger partial charge in [0.05, 0.1) is 6.10 Å². The number of likely N-dealkylation sites (tertiary alicyclic amines) is 1. The van der Waals surface area contributed by atoms with Crippen LogP contribution in [0.25, 0.3) is 0 Å². The largest absolute Gasteiger partial charge is 0.398 e. The van der Waals surface area contributed by atoms with Crippen molar-refractivity contribution in [1.29, 1.82) is 0 Å². The number of aliphatic hydroxyl groups excluding tert-OH is 1. The van der Waals surface area contributed by atoms with E-state index in [-0.39, 0.29) is 0 Å². The second kappa shape index (κ2) is 6.21. The van der Waals surface area contributed by atoms with Crippen molar-refractivity contribution in [2.45, 2.75) is 44.8 Å². The monoisotopic (exact) mass is 248 g/mol. The van der Waals surface area contributed by atoms with Crippen molar-refractivity contribution in [3.05, 3.63) is 29.8 Å². The molecule has 18 heavy (non-hydrogen) atoms. The minimum Gasteiger partial charge on any atom is -0.398 e. The van der Waals surface area contributed by atoms with Crippen LogP contribution in [-0.2, 0) is 0 Å². The van der Waals surface area contributed by atoms with Crippen LogP contribution in [-0.4, -0.2) is 29.1 Å². The average molecular weight is 248 g/mol. The predicted octanol–water partition coefficient (Wildman–Crippen LogP) is 2.57. The number of nitrogens with two attached hydrogens (primary N) is 1. The number of nitrogen functional groups attached to an aromatic ring is 1. The summed E-state index contributed by atoms with van der Waals surface area (Å²) in [5.41, 5.74) is 7.46. The lowest BCUT2D eigenvalue weighted by Crippen LogP contribution is -2.36. The first-order chi connectivity index (χ1) is 8.68. The van der Waals surface area contributed by atoms with Crippen LogP contribution in [0.15, 0.2) is 24.3 Å². The van der Waals surface area contributed by atoms with E-state index in [2.05, 4.69) is 11.8 Å². The van der Waals surface area contributed by atoms with Gasteiger partial charge in [-0.05, 0) is 32.4 Å². The minimum absolute atomic E-state index is 0.480. The Morgan fingerprint density at radius 2 is 2.11 bits per heavy atom. The van der Waals surface area contributed by atoms with Crippen molar-refractivity contribution in [2.24, 2.45) is 0 Å². The standard InChI is InChI=1S/C15H24N2O/c1-12-7-3-2-6-10-17(12)11-15(18)13-8-4-5-9-14(13)16/h4-5,8-9,12,15,18H,2-3,6-7,10-11,16H2,1H3. The molecule has 2 atom stereocenters. The Bertz CT molecular complexity index is 381. The van der Waals surface area contributed by atoms with Crippen molar-refractivity contribution in [3.8, 4) is 0 Å². The second-order valence-electron chi connectivity index (χ2n) is 5.34. The number of anilines is 1. The lowest BCUT2D eigenvalue weighted by Gasteiger charge is -2.29. The highest BCUT2D eigenvalue weighted by Crippen LogP contribution is 2.24. The van der Waals surface area contributed by atoms with Crippen molar-refractivity contribution >= 4 is 5.69 Å². The number of nitrogens with zero attached hydrogens (tertiary/aromatic N) is 1. The molecular weight excluding hydrogens is 224 g/mol. The number of hydrogen-bond donors (Lipinski definition) is 2. The Hall–Kier alpha value is -1.06. The molecule has 1 aliphatic rings. The molecule has 3 nitrogen and oxygen atoms in total. The first-order valence-corrected chi connectivity index (χ1v) is 6.95. The topological polar surface area (TPSA) is 49.5 Å². The van der Waals surface area contributed by atoms with Crippen molar-refractivity contribution in [3.63, 3.8) is 0 Å². The second-order valence-corrected chi connectivity index (χ2v) is 5.34. The summed E-state index contributed by atoms with van der Waals surface area (Å²) in [5.74, 6) is 0. The van der Waals surface area contributed by atoms with E-state index >= 15 is 0 Å². The fraction of sp³-hybridized carbons (Fsp3) is 0.600. The predicted molar refractivity (Wildman–Crippen MR) is 75.3 cm³/mol. The quantitative estimate of drug-likeness (QED) is 0.808. The molecule has 0 bridgehead atoms. The SMILES string of the molecule is CC1CCCCCN1CC(O)c1ccccc1N. The number of para-hydroxylation sites is 1. The van der Waals surface area contributed by atoms with E-state index in [0.29, 0.717) is 18.3 Å². The van der Waals surface area contributed by atoms with Crippen LogP contribution in [0.1, 0.15) is 44.3 Å². The minimum atomic E-state index is -0.480. The Morgan fingerprint density at radius 3 is 2.89 bits per heavy atom. The maximum atomic E-state index is 10.3. The van der Waals surface area contributed by atoms with Crippen LogP contribution in [0.4, 0.5) is 5.69 Å². The lowest BCUT2D eigenvalue weighted by molar-refractivity contribution is 0.0933. The fourth-order valence-electron chi connectivity index (χ4n) is 2.74. The molecule has 2 rings (SSSR count). The summed E-state index contributed by atoms with van der Waals surface area (Å²) in [6.45, 7) is 4.03. The molecular formula is C15H24N2O. The summed E-state index contributed by atoms with van der Waals surface area (Å²) in [4.78, 5) is 2.39. The normalized spacial score (nSPS) is 23.6. The van der Waals surface area contributed by atoms with Crippen LogP contribution >= 0.6 is 0 Å². The lowest BCUT2D eigenvalue weighted by atomic mass is 10.1. The number of hydrogen-bond acceptors (Lipinski definition) is 3. The first kappa shape index (κ1) is 13.4. The molecule has 1 aliphatic heterocycles. The maximum Gasteiger partial charge on any atom is 0.0936 e. The zero-order chi connectivity index (χ0) is 13.0. The number of aliphatic hydroxyl groups is 1. The van der Waals surface area contributed by atoms with Gasteiger partial charge in [0.15, 0.2) is 0 Å². The van der Waals surface area contributed by atoms with Gasteiger partial charge in [-0.15, -0.1) is 0 Å². The average Bonchev–Trinajstić information content (AvgIpc) is 2.55. The van der Waals surface area contributed by atoms with Gasteiger partial charge in [0.1, 0.15) is 0 Å². The smallest absolute Gasteiger partial charge is 0.0936 e. The molecule has 100 valence electrons. The number of benzene rings is 1. The summed E-state index contributed by atoms with van der Waals surface area (Å²) in [7, 11) is 0. The summed E-state index contributed by atoms with van der Waals surface area (Å²) >= 11 is 0. The van der Waals surface area contributed by atoms with Gasteiger partial charge in [-0.3, -0.25) is 4.90 Å². The van der Waals surface area contributed by atoms with Crippen LogP contribution < -0.4 is 5.73 Å². The molecule has 1 fully saturated rings. The van der Waals surface area contributed by atoms with Gasteiger partial charge in [-0.2, -0.15) is 0 Å². The van der Waals surface area contributed by atoms with Crippen LogP contribution in [0.3, 0.4) is 0 Å². The molecule has 0 aromatic heterocycles. The van der Waals surface area contributed by atoms with E-state index in [1.807, 2.05) is 24.3 Å². The van der Waals surface area contributed by atoms with E-state index in [1.165, 1.54) is 25.7 Å². The van der Waals surface area contributed by atoms with Crippen molar-refractivity contribution in [1.82, 2.24) is 4.90 Å². The van der Waals surface area contributed by atoms with Gasteiger partial charge in [-0.1, -0.05) is 31.0 Å². The van der Waals surface area contributed by atoms with E-state index in [0.717, 1.165) is 12.1 Å². The Morgan fingerprint density at radius 1 is 1.33 bits per heavy atom. The van der Waals surface area contributed by atoms with Crippen LogP contribution in [0, 0.1) is 0 Å². The van der Waals surface area contributed by atoms with E-state index in [9.17, 15) is 5.11 Å². The zero-order valence-electron chi connectivity index (χ0n) is 11.2. The molecule has 0 aliphatic carbocycles. The third-order valence-corrected chi connectivity index (χ3v) is 3.95. The molecule has 0 radical (unpaired) electrons. The van der Waals surface area contributed by atoms with Crippen molar-refractivity contribution in [2.75, 3.05) is 18.8 Å². The van der Waals surface area contributed by atoms with E-state index in [4.69, 9.17) is 5.73 Å². The molecule has 2 unspecified atom stereocenters. The van der Waals surface area contributed by atoms with Gasteiger partial charge in [-0.25, -0.2) is 0 Å². The van der Waals surface area contributed by atoms with Gasteiger partial charge in [0.25, 0.3) is 0 Å². The molecule has 3 heteroatoms. The fourth-order valence-corrected chi connectivity index (χ4v) is 2.74. The molecule has 1 aromatic rings. The highest BCUT2D eigenvalue weighted by Gasteiger charge is 2.21. The van der Waals surface area contributed by atoms with Gasteiger partial charge >= 0.3 is 0 Å². The molecule has 0 amide bonds. The molecule has 3 N–H and O–H groups in total. The Balaban J connectivity index is 2.02. The molecule has 1 aromatic carbocycles.